The van der Waals surface area contributed by atoms with Crippen molar-refractivity contribution in [1.29, 1.82) is 0 Å². The van der Waals surface area contributed by atoms with Crippen LogP contribution < -0.4 is 5.73 Å². The van der Waals surface area contributed by atoms with Crippen molar-refractivity contribution >= 4 is 22.9 Å². The molecular formula is C25H25N4O+. The predicted molar refractivity (Wildman–Crippen MR) is 122 cm³/mol. The molecule has 0 atom stereocenters. The molecule has 0 aliphatic carbocycles. The molecule has 0 spiro atoms. The van der Waals surface area contributed by atoms with Gasteiger partial charge in [-0.15, -0.1) is 0 Å². The van der Waals surface area contributed by atoms with Gasteiger partial charge in [0, 0.05) is 23.7 Å². The average molecular weight is 398 g/mol. The molecule has 2 aromatic heterocycles. The van der Waals surface area contributed by atoms with Gasteiger partial charge in [-0.25, -0.2) is 9.56 Å². The number of hydrogen-bond acceptors (Lipinski definition) is 4. The molecule has 0 aliphatic rings. The predicted octanol–water partition coefficient (Wildman–Crippen LogP) is 4.15. The van der Waals surface area contributed by atoms with E-state index in [1.807, 2.05) is 54.1 Å². The molecule has 30 heavy (non-hydrogen) atoms. The molecule has 3 N–H and O–H groups in total. The van der Waals surface area contributed by atoms with Gasteiger partial charge in [0.1, 0.15) is 12.7 Å². The number of nitrogens with zero attached hydrogens (tertiary/aromatic N) is 3. The number of aliphatic hydroxyl groups excluding tert-OH is 1. The third kappa shape index (κ3) is 3.85. The Balaban J connectivity index is 1.99. The maximum Gasteiger partial charge on any atom is 0.332 e. The van der Waals surface area contributed by atoms with Gasteiger partial charge in [-0.2, -0.15) is 0 Å². The van der Waals surface area contributed by atoms with Gasteiger partial charge < -0.3 is 10.8 Å². The summed E-state index contributed by atoms with van der Waals surface area (Å²) in [6.07, 6.45) is 3.70. The van der Waals surface area contributed by atoms with Crippen LogP contribution in [0.25, 0.3) is 33.3 Å². The van der Waals surface area contributed by atoms with Gasteiger partial charge in [-0.3, -0.25) is 0 Å². The Hall–Kier alpha value is -3.41. The number of rotatable bonds is 6. The fourth-order valence-corrected chi connectivity index (χ4v) is 3.63. The van der Waals surface area contributed by atoms with Crippen molar-refractivity contribution in [2.75, 3.05) is 13.2 Å². The Bertz CT molecular complexity index is 1190. The van der Waals surface area contributed by atoms with E-state index < -0.39 is 0 Å². The lowest BCUT2D eigenvalue weighted by Gasteiger charge is -2.12. The normalized spacial score (nSPS) is 11.8. The Kier molecular flexibility index (Phi) is 5.93. The van der Waals surface area contributed by atoms with E-state index in [2.05, 4.69) is 35.3 Å². The monoisotopic (exact) mass is 397 g/mol. The highest BCUT2D eigenvalue weighted by Gasteiger charge is 2.19. The molecule has 5 heteroatoms. The Morgan fingerprint density at radius 3 is 2.43 bits per heavy atom. The lowest BCUT2D eigenvalue weighted by Crippen LogP contribution is -2.13. The Morgan fingerprint density at radius 2 is 1.77 bits per heavy atom. The second-order valence-electron chi connectivity index (χ2n) is 7.03. The van der Waals surface area contributed by atoms with Crippen molar-refractivity contribution in [3.63, 3.8) is 0 Å². The molecule has 5 nitrogen and oxygen atoms in total. The van der Waals surface area contributed by atoms with Crippen LogP contribution in [0.1, 0.15) is 12.5 Å². The zero-order valence-electron chi connectivity index (χ0n) is 17.0. The Morgan fingerprint density at radius 1 is 1.00 bits per heavy atom. The average Bonchev–Trinajstić information content (AvgIpc) is 2.82. The second-order valence-corrected chi connectivity index (χ2v) is 7.03. The van der Waals surface area contributed by atoms with Crippen LogP contribution in [0.2, 0.25) is 0 Å². The van der Waals surface area contributed by atoms with Crippen LogP contribution in [0.5, 0.6) is 0 Å². The van der Waals surface area contributed by atoms with Crippen molar-refractivity contribution in [2.45, 2.75) is 13.5 Å². The number of pyridine rings is 2. The van der Waals surface area contributed by atoms with Crippen molar-refractivity contribution in [3.05, 3.63) is 78.5 Å². The van der Waals surface area contributed by atoms with Crippen LogP contribution in [-0.2, 0) is 6.54 Å². The summed E-state index contributed by atoms with van der Waals surface area (Å²) >= 11 is 0. The summed E-state index contributed by atoms with van der Waals surface area (Å²) in [5, 5.41) is 10.4. The topological polar surface area (TPSA) is 75.0 Å². The van der Waals surface area contributed by atoms with E-state index in [-0.39, 0.29) is 6.61 Å². The first-order valence-corrected chi connectivity index (χ1v) is 10.1. The summed E-state index contributed by atoms with van der Waals surface area (Å²) in [5.74, 6) is 0.791. The number of aliphatic hydroxyl groups is 1. The molecule has 2 heterocycles. The molecule has 0 amide bonds. The molecule has 4 aromatic rings. The summed E-state index contributed by atoms with van der Waals surface area (Å²) in [6, 6.07) is 22.6. The van der Waals surface area contributed by atoms with Crippen LogP contribution in [0, 0.1) is 0 Å². The largest absolute Gasteiger partial charge is 0.392 e. The fourth-order valence-electron chi connectivity index (χ4n) is 3.63. The van der Waals surface area contributed by atoms with Crippen LogP contribution in [0.3, 0.4) is 0 Å². The van der Waals surface area contributed by atoms with E-state index in [1.54, 1.807) is 6.20 Å². The first kappa shape index (κ1) is 19.9. The molecule has 0 saturated heterocycles. The lowest BCUT2D eigenvalue weighted by atomic mass is 9.97. The lowest BCUT2D eigenvalue weighted by molar-refractivity contribution is -0.441. The molecule has 0 fully saturated rings. The molecule has 0 aliphatic heterocycles. The fraction of sp³-hybridized carbons (Fsp3) is 0.160. The summed E-state index contributed by atoms with van der Waals surface area (Å²) in [5.41, 5.74) is 11.8. The minimum atomic E-state index is 0.0486. The van der Waals surface area contributed by atoms with Gasteiger partial charge >= 0.3 is 5.82 Å². The number of aromatic nitrogens is 2. The molecular weight excluding hydrogens is 372 g/mol. The van der Waals surface area contributed by atoms with Crippen LogP contribution in [0.4, 0.5) is 5.82 Å². The number of hydrogen-bond donors (Lipinski definition) is 2. The van der Waals surface area contributed by atoms with Crippen molar-refractivity contribution in [3.8, 4) is 22.4 Å². The molecule has 0 bridgehead atoms. The summed E-state index contributed by atoms with van der Waals surface area (Å²) in [7, 11) is 0. The van der Waals surface area contributed by atoms with E-state index in [1.165, 1.54) is 0 Å². The highest BCUT2D eigenvalue weighted by Crippen LogP contribution is 2.35. The SMILES string of the molecule is CC=[N+](CCO)c1nccc2nc(-c3ccc(CN)cc3)c(-c3ccccc3)cc12. The van der Waals surface area contributed by atoms with E-state index in [0.717, 1.165) is 44.7 Å². The number of fused-ring (bicyclic) bond motifs is 1. The maximum absolute atomic E-state index is 9.46. The molecule has 4 rings (SSSR count). The molecule has 0 saturated carbocycles. The molecule has 0 unspecified atom stereocenters. The number of nitrogens with two attached hydrogens (primary N) is 1. The smallest absolute Gasteiger partial charge is 0.332 e. The van der Waals surface area contributed by atoms with Crippen LogP contribution in [-0.4, -0.2) is 39.0 Å². The third-order valence-corrected chi connectivity index (χ3v) is 5.19. The quantitative estimate of drug-likeness (QED) is 0.379. The summed E-state index contributed by atoms with van der Waals surface area (Å²) in [4.78, 5) is 9.63. The van der Waals surface area contributed by atoms with E-state index in [4.69, 9.17) is 10.7 Å². The summed E-state index contributed by atoms with van der Waals surface area (Å²) in [6.45, 7) is 2.98. The number of benzene rings is 2. The van der Waals surface area contributed by atoms with Gasteiger partial charge in [-0.1, -0.05) is 54.6 Å². The van der Waals surface area contributed by atoms with Gasteiger partial charge in [-0.05, 0) is 29.1 Å². The van der Waals surface area contributed by atoms with Crippen molar-refractivity contribution in [2.24, 2.45) is 5.73 Å². The highest BCUT2D eigenvalue weighted by atomic mass is 16.3. The standard InChI is InChI=1S/C25H25N4O/c1-2-29(14-15-30)25-22-16-21(19-6-4-3-5-7-19)24(28-23(22)12-13-27-25)20-10-8-18(17-26)9-11-20/h2-13,16,30H,14-15,17,26H2,1H3/q+1. The Labute approximate surface area is 176 Å². The first-order valence-electron chi connectivity index (χ1n) is 10.1. The van der Waals surface area contributed by atoms with Crippen LogP contribution in [0.15, 0.2) is 72.9 Å². The van der Waals surface area contributed by atoms with Gasteiger partial charge in [0.25, 0.3) is 0 Å². The van der Waals surface area contributed by atoms with Gasteiger partial charge in [0.05, 0.1) is 29.4 Å². The second kappa shape index (κ2) is 8.95. The zero-order valence-corrected chi connectivity index (χ0v) is 17.0. The van der Waals surface area contributed by atoms with Gasteiger partial charge in [0.15, 0.2) is 0 Å². The van der Waals surface area contributed by atoms with E-state index >= 15 is 0 Å². The highest BCUT2D eigenvalue weighted by molar-refractivity contribution is 5.95. The third-order valence-electron chi connectivity index (χ3n) is 5.19. The molecule has 0 radical (unpaired) electrons. The van der Waals surface area contributed by atoms with Crippen LogP contribution >= 0.6 is 0 Å². The van der Waals surface area contributed by atoms with E-state index in [0.29, 0.717) is 13.1 Å². The first-order chi connectivity index (χ1) is 14.7. The minimum Gasteiger partial charge on any atom is -0.392 e. The molecule has 150 valence electrons. The zero-order chi connectivity index (χ0) is 20.9. The summed E-state index contributed by atoms with van der Waals surface area (Å²) < 4.78 is 1.95. The molecule has 2 aromatic carbocycles. The van der Waals surface area contributed by atoms with Crippen molar-refractivity contribution in [1.82, 2.24) is 9.97 Å². The van der Waals surface area contributed by atoms with E-state index in [9.17, 15) is 5.11 Å². The van der Waals surface area contributed by atoms with Gasteiger partial charge in [0.2, 0.25) is 0 Å². The minimum absolute atomic E-state index is 0.0486. The maximum atomic E-state index is 9.46. The van der Waals surface area contributed by atoms with Crippen molar-refractivity contribution < 1.29 is 9.68 Å².